The van der Waals surface area contributed by atoms with Crippen molar-refractivity contribution >= 4 is 15.9 Å². The zero-order valence-electron chi connectivity index (χ0n) is 24.6. The number of benzene rings is 1. The molecule has 3 aliphatic rings. The van der Waals surface area contributed by atoms with Gasteiger partial charge >= 0.3 is 0 Å². The lowest BCUT2D eigenvalue weighted by molar-refractivity contribution is -0.122. The van der Waals surface area contributed by atoms with Crippen LogP contribution in [0.4, 0.5) is 0 Å². The Hall–Kier alpha value is -1.72. The average molecular weight is 564 g/mol. The molecule has 220 valence electrons. The molecule has 2 saturated heterocycles. The molecule has 1 saturated carbocycles. The van der Waals surface area contributed by atoms with Crippen LogP contribution in [0, 0.1) is 13.8 Å². The number of piperazine rings is 1. The fourth-order valence-electron chi connectivity index (χ4n) is 6.68. The molecule has 10 heteroatoms. The van der Waals surface area contributed by atoms with E-state index < -0.39 is 10.0 Å². The van der Waals surface area contributed by atoms with E-state index in [9.17, 15) is 13.2 Å². The SMILES string of the molecule is COc1cc(C)c(S(=O)(=O)N(C)CCC(=O)NC2CCC(N3CCN(C4CCN(C)CC4)CC3)CC2)c(C)c1. The van der Waals surface area contributed by atoms with Crippen LogP contribution in [0.5, 0.6) is 5.75 Å². The maximum atomic E-state index is 13.2. The number of nitrogens with one attached hydrogen (secondary N) is 1. The van der Waals surface area contributed by atoms with Crippen LogP contribution >= 0.6 is 0 Å². The minimum Gasteiger partial charge on any atom is -0.497 e. The second-order valence-corrected chi connectivity index (χ2v) is 13.8. The van der Waals surface area contributed by atoms with Crippen molar-refractivity contribution in [1.29, 1.82) is 0 Å². The lowest BCUT2D eigenvalue weighted by atomic mass is 9.89. The van der Waals surface area contributed by atoms with E-state index in [4.69, 9.17) is 4.74 Å². The highest BCUT2D eigenvalue weighted by molar-refractivity contribution is 7.89. The summed E-state index contributed by atoms with van der Waals surface area (Å²) in [4.78, 5) is 20.8. The van der Waals surface area contributed by atoms with Crippen LogP contribution in [-0.2, 0) is 14.8 Å². The van der Waals surface area contributed by atoms with Crippen molar-refractivity contribution in [3.63, 3.8) is 0 Å². The van der Waals surface area contributed by atoms with Crippen LogP contribution in [0.25, 0.3) is 0 Å². The topological polar surface area (TPSA) is 85.4 Å². The number of hydrogen-bond donors (Lipinski definition) is 1. The van der Waals surface area contributed by atoms with Crippen LogP contribution in [0.15, 0.2) is 17.0 Å². The summed E-state index contributed by atoms with van der Waals surface area (Å²) in [5.41, 5.74) is 1.28. The van der Waals surface area contributed by atoms with E-state index in [1.807, 2.05) is 0 Å². The molecule has 1 aliphatic carbocycles. The highest BCUT2D eigenvalue weighted by Gasteiger charge is 2.32. The van der Waals surface area contributed by atoms with Crippen LogP contribution in [0.1, 0.15) is 56.1 Å². The molecule has 3 fully saturated rings. The van der Waals surface area contributed by atoms with Gasteiger partial charge in [0.1, 0.15) is 5.75 Å². The van der Waals surface area contributed by atoms with Gasteiger partial charge in [-0.3, -0.25) is 14.6 Å². The van der Waals surface area contributed by atoms with Crippen LogP contribution in [0.2, 0.25) is 0 Å². The number of sulfonamides is 1. The number of methoxy groups -OCH3 is 1. The predicted molar refractivity (Wildman–Crippen MR) is 155 cm³/mol. The van der Waals surface area contributed by atoms with Crippen molar-refractivity contribution < 1.29 is 17.9 Å². The zero-order valence-corrected chi connectivity index (χ0v) is 25.4. The van der Waals surface area contributed by atoms with Gasteiger partial charge in [0.2, 0.25) is 15.9 Å². The van der Waals surface area contributed by atoms with Gasteiger partial charge in [-0.25, -0.2) is 12.7 Å². The summed E-state index contributed by atoms with van der Waals surface area (Å²) >= 11 is 0. The van der Waals surface area contributed by atoms with Crippen molar-refractivity contribution in [2.75, 3.05) is 67.0 Å². The number of piperidine rings is 1. The first-order valence-electron chi connectivity index (χ1n) is 14.7. The van der Waals surface area contributed by atoms with Gasteiger partial charge < -0.3 is 15.0 Å². The molecule has 0 spiro atoms. The van der Waals surface area contributed by atoms with E-state index in [0.29, 0.717) is 22.9 Å². The Morgan fingerprint density at radius 1 is 0.923 bits per heavy atom. The first-order valence-corrected chi connectivity index (χ1v) is 16.1. The van der Waals surface area contributed by atoms with E-state index >= 15 is 0 Å². The fraction of sp³-hybridized carbons (Fsp3) is 0.759. The predicted octanol–water partition coefficient (Wildman–Crippen LogP) is 2.46. The maximum absolute atomic E-state index is 13.2. The van der Waals surface area contributed by atoms with Crippen molar-refractivity contribution in [3.05, 3.63) is 23.3 Å². The molecular formula is C29H49N5O4S. The average Bonchev–Trinajstić information content (AvgIpc) is 2.92. The summed E-state index contributed by atoms with van der Waals surface area (Å²) in [6.07, 6.45) is 6.96. The molecule has 1 N–H and O–H groups in total. The Morgan fingerprint density at radius 2 is 1.44 bits per heavy atom. The van der Waals surface area contributed by atoms with Crippen LogP contribution < -0.4 is 10.1 Å². The molecular weight excluding hydrogens is 514 g/mol. The number of nitrogens with zero attached hydrogens (tertiary/aromatic N) is 4. The molecule has 0 unspecified atom stereocenters. The van der Waals surface area contributed by atoms with Gasteiger partial charge in [0.25, 0.3) is 0 Å². The van der Waals surface area contributed by atoms with E-state index in [1.165, 1.54) is 43.3 Å². The molecule has 39 heavy (non-hydrogen) atoms. The summed E-state index contributed by atoms with van der Waals surface area (Å²) < 4.78 is 33.0. The Kier molecular flexibility index (Phi) is 10.3. The quantitative estimate of drug-likeness (QED) is 0.494. The van der Waals surface area contributed by atoms with Crippen LogP contribution in [-0.4, -0.2) is 118 Å². The summed E-state index contributed by atoms with van der Waals surface area (Å²) in [6.45, 7) is 10.8. The summed E-state index contributed by atoms with van der Waals surface area (Å²) in [6, 6.07) is 5.01. The molecule has 4 rings (SSSR count). The zero-order chi connectivity index (χ0) is 28.2. The summed E-state index contributed by atoms with van der Waals surface area (Å²) in [5.74, 6) is 0.561. The van der Waals surface area contributed by atoms with Gasteiger partial charge in [0.15, 0.2) is 0 Å². The molecule has 1 aromatic carbocycles. The van der Waals surface area contributed by atoms with Crippen molar-refractivity contribution in [2.24, 2.45) is 0 Å². The summed E-state index contributed by atoms with van der Waals surface area (Å²) in [5, 5.41) is 3.17. The fourth-order valence-corrected chi connectivity index (χ4v) is 8.26. The van der Waals surface area contributed by atoms with Crippen molar-refractivity contribution in [1.82, 2.24) is 24.3 Å². The van der Waals surface area contributed by atoms with Crippen LogP contribution in [0.3, 0.4) is 0 Å². The molecule has 0 bridgehead atoms. The van der Waals surface area contributed by atoms with Gasteiger partial charge in [0, 0.05) is 64.3 Å². The Morgan fingerprint density at radius 3 is 1.95 bits per heavy atom. The summed E-state index contributed by atoms with van der Waals surface area (Å²) in [7, 11) is 1.63. The van der Waals surface area contributed by atoms with Gasteiger partial charge in [-0.15, -0.1) is 0 Å². The van der Waals surface area contributed by atoms with Gasteiger partial charge in [-0.2, -0.15) is 0 Å². The number of ether oxygens (including phenoxy) is 1. The molecule has 1 aromatic rings. The minimum absolute atomic E-state index is 0.0737. The number of amides is 1. The molecule has 0 radical (unpaired) electrons. The molecule has 0 aromatic heterocycles. The Balaban J connectivity index is 1.18. The minimum atomic E-state index is -3.70. The molecule has 1 amide bonds. The largest absolute Gasteiger partial charge is 0.497 e. The number of aryl methyl sites for hydroxylation is 2. The molecule has 9 nitrogen and oxygen atoms in total. The van der Waals surface area contributed by atoms with E-state index in [1.54, 1.807) is 40.1 Å². The number of hydrogen-bond acceptors (Lipinski definition) is 7. The van der Waals surface area contributed by atoms with Crippen molar-refractivity contribution in [2.45, 2.75) is 81.8 Å². The van der Waals surface area contributed by atoms with Gasteiger partial charge in [0.05, 0.1) is 12.0 Å². The third kappa shape index (κ3) is 7.52. The lowest BCUT2D eigenvalue weighted by Gasteiger charge is -2.45. The number of likely N-dealkylation sites (tertiary alicyclic amines) is 1. The molecule has 2 heterocycles. The number of carbonyl (C=O) groups is 1. The Bertz CT molecular complexity index is 1050. The second-order valence-electron chi connectivity index (χ2n) is 11.8. The first kappa shape index (κ1) is 30.2. The molecule has 0 atom stereocenters. The van der Waals surface area contributed by atoms with E-state index in [-0.39, 0.29) is 29.8 Å². The second kappa shape index (κ2) is 13.3. The normalized spacial score (nSPS) is 24.7. The first-order chi connectivity index (χ1) is 18.6. The highest BCUT2D eigenvalue weighted by atomic mass is 32.2. The Labute approximate surface area is 235 Å². The smallest absolute Gasteiger partial charge is 0.243 e. The van der Waals surface area contributed by atoms with Gasteiger partial charge in [-0.05, 0) is 95.8 Å². The van der Waals surface area contributed by atoms with Crippen molar-refractivity contribution in [3.8, 4) is 5.75 Å². The van der Waals surface area contributed by atoms with E-state index in [0.717, 1.165) is 44.8 Å². The number of rotatable bonds is 9. The highest BCUT2D eigenvalue weighted by Crippen LogP contribution is 2.28. The third-order valence-corrected chi connectivity index (χ3v) is 11.3. The monoisotopic (exact) mass is 563 g/mol. The van der Waals surface area contributed by atoms with Gasteiger partial charge in [-0.1, -0.05) is 0 Å². The molecule has 2 aliphatic heterocycles. The standard InChI is InChI=1S/C29H49N5O4S/c1-22-20-27(38-5)21-23(2)29(22)39(36,37)32(4)15-12-28(35)30-24-6-8-25(9-7-24)33-16-18-34(19-17-33)26-10-13-31(3)14-11-26/h20-21,24-26H,6-19H2,1-5H3,(H,30,35). The third-order valence-electron chi connectivity index (χ3n) is 9.12. The maximum Gasteiger partial charge on any atom is 0.243 e. The van der Waals surface area contributed by atoms with E-state index in [2.05, 4.69) is 27.1 Å². The lowest BCUT2D eigenvalue weighted by Crippen LogP contribution is -2.55. The number of carbonyl (C=O) groups excluding carboxylic acids is 1.